The smallest absolute Gasteiger partial charge is 0.303 e. The zero-order chi connectivity index (χ0) is 27.3. The van der Waals surface area contributed by atoms with Gasteiger partial charge in [-0.1, -0.05) is 6.92 Å². The zero-order valence-corrected chi connectivity index (χ0v) is 19.7. The number of aliphatic carboxylic acids is 1. The van der Waals surface area contributed by atoms with Crippen LogP contribution in [-0.4, -0.2) is 106 Å². The van der Waals surface area contributed by atoms with Crippen molar-refractivity contribution in [3.8, 4) is 0 Å². The van der Waals surface area contributed by atoms with E-state index in [-0.39, 0.29) is 12.8 Å². The molecule has 6 atom stereocenters. The molecule has 0 bridgehead atoms. The van der Waals surface area contributed by atoms with Gasteiger partial charge in [-0.2, -0.15) is 0 Å². The lowest BCUT2D eigenvalue weighted by molar-refractivity contribution is -0.160. The molecule has 0 radical (unpaired) electrons. The fraction of sp³-hybridized carbons (Fsp3) is 0.700. The van der Waals surface area contributed by atoms with Gasteiger partial charge in [-0.3, -0.25) is 28.8 Å². The number of nitrogens with two attached hydrogens (primary N) is 1. The number of carbonyl (C=O) groups is 6. The average molecular weight is 507 g/mol. The monoisotopic (exact) mass is 506 g/mol. The summed E-state index contributed by atoms with van der Waals surface area (Å²) in [5, 5.41) is 44.6. The number of primary amides is 1. The molecule has 0 rings (SSSR count). The van der Waals surface area contributed by atoms with E-state index in [1.165, 1.54) is 20.9 Å². The largest absolute Gasteiger partial charge is 0.481 e. The van der Waals surface area contributed by atoms with Crippen molar-refractivity contribution >= 4 is 35.4 Å². The van der Waals surface area contributed by atoms with Crippen LogP contribution in [0.15, 0.2) is 0 Å². The molecule has 0 heterocycles. The van der Waals surface area contributed by atoms with E-state index in [9.17, 15) is 39.0 Å². The fourth-order valence-electron chi connectivity index (χ4n) is 2.94. The number of Topliss-reactive ketones (excluding diaryl/α,β-unsaturated/α-hetero) is 1. The second-order valence-electron chi connectivity index (χ2n) is 7.61. The van der Waals surface area contributed by atoms with Crippen molar-refractivity contribution < 1.29 is 53.9 Å². The number of nitrogens with one attached hydrogen (secondary N) is 3. The van der Waals surface area contributed by atoms with E-state index in [1.807, 2.05) is 0 Å². The lowest BCUT2D eigenvalue weighted by Crippen LogP contribution is -2.54. The van der Waals surface area contributed by atoms with Gasteiger partial charge < -0.3 is 46.8 Å². The number of carboxylic acid groups (broad SMARTS) is 1. The highest BCUT2D eigenvalue weighted by Crippen LogP contribution is 2.18. The molecule has 0 aliphatic carbocycles. The Bertz CT molecular complexity index is 760. The number of aliphatic hydroxyl groups excluding tert-OH is 3. The number of ketones is 1. The van der Waals surface area contributed by atoms with E-state index in [0.29, 0.717) is 0 Å². The highest BCUT2D eigenvalue weighted by molar-refractivity contribution is 6.02. The summed E-state index contributed by atoms with van der Waals surface area (Å²) in [7, 11) is 1.23. The molecule has 0 aromatic carbocycles. The van der Waals surface area contributed by atoms with Crippen LogP contribution in [0.1, 0.15) is 33.1 Å². The SMILES string of the molecule is CCC(=O)[C@@H](C(=O)NC)[C@@H](OCC(=O)NC(C)C(=O)NC(CCC(=O)O)C(N)=O)[C@H](O)[C@H](O)CO. The van der Waals surface area contributed by atoms with Gasteiger partial charge in [0.2, 0.25) is 23.6 Å². The van der Waals surface area contributed by atoms with E-state index in [2.05, 4.69) is 16.0 Å². The maximum Gasteiger partial charge on any atom is 0.303 e. The van der Waals surface area contributed by atoms with Gasteiger partial charge in [-0.05, 0) is 13.3 Å². The number of amides is 4. The molecular weight excluding hydrogens is 472 g/mol. The lowest BCUT2D eigenvalue weighted by Gasteiger charge is -2.31. The first kappa shape index (κ1) is 31.9. The Morgan fingerprint density at radius 2 is 1.63 bits per heavy atom. The molecule has 200 valence electrons. The third-order valence-electron chi connectivity index (χ3n) is 4.96. The maximum atomic E-state index is 12.3. The molecule has 0 saturated heterocycles. The number of aliphatic hydroxyl groups is 3. The first-order valence-electron chi connectivity index (χ1n) is 10.7. The molecule has 0 fully saturated rings. The fourth-order valence-corrected chi connectivity index (χ4v) is 2.94. The molecule has 0 aromatic rings. The molecular formula is C20H34N4O11. The molecule has 0 aliphatic rings. The molecule has 2 unspecified atom stereocenters. The van der Waals surface area contributed by atoms with E-state index < -0.39 is 91.3 Å². The minimum atomic E-state index is -1.92. The van der Waals surface area contributed by atoms with Gasteiger partial charge in [0.05, 0.1) is 6.61 Å². The van der Waals surface area contributed by atoms with E-state index in [4.69, 9.17) is 20.7 Å². The van der Waals surface area contributed by atoms with Gasteiger partial charge >= 0.3 is 5.97 Å². The molecule has 0 aliphatic heterocycles. The van der Waals surface area contributed by atoms with Crippen molar-refractivity contribution in [1.29, 1.82) is 0 Å². The quantitative estimate of drug-likeness (QED) is 0.0877. The van der Waals surface area contributed by atoms with Gasteiger partial charge in [-0.25, -0.2) is 0 Å². The van der Waals surface area contributed by atoms with Crippen molar-refractivity contribution in [2.75, 3.05) is 20.3 Å². The molecule has 0 saturated carbocycles. The Labute approximate surface area is 201 Å². The van der Waals surface area contributed by atoms with E-state index >= 15 is 0 Å². The minimum Gasteiger partial charge on any atom is -0.481 e. The first-order chi connectivity index (χ1) is 16.3. The predicted molar refractivity (Wildman–Crippen MR) is 117 cm³/mol. The normalized spacial score (nSPS) is 16.1. The summed E-state index contributed by atoms with van der Waals surface area (Å²) in [6.07, 6.45) is -6.26. The van der Waals surface area contributed by atoms with Crippen LogP contribution < -0.4 is 21.7 Å². The Morgan fingerprint density at radius 3 is 2.09 bits per heavy atom. The summed E-state index contributed by atoms with van der Waals surface area (Å²) in [5.41, 5.74) is 5.14. The Kier molecular flexibility index (Phi) is 14.3. The van der Waals surface area contributed by atoms with Gasteiger partial charge in [0.1, 0.15) is 48.7 Å². The van der Waals surface area contributed by atoms with Gasteiger partial charge in [-0.15, -0.1) is 0 Å². The Hall–Kier alpha value is -3.14. The van der Waals surface area contributed by atoms with Crippen molar-refractivity contribution in [1.82, 2.24) is 16.0 Å². The summed E-state index contributed by atoms with van der Waals surface area (Å²) >= 11 is 0. The summed E-state index contributed by atoms with van der Waals surface area (Å²) < 4.78 is 5.28. The number of hydrogen-bond donors (Lipinski definition) is 8. The predicted octanol–water partition coefficient (Wildman–Crippen LogP) is -4.23. The van der Waals surface area contributed by atoms with Crippen molar-refractivity contribution in [2.24, 2.45) is 11.7 Å². The topological polar surface area (TPSA) is 255 Å². The van der Waals surface area contributed by atoms with Crippen molar-refractivity contribution in [3.63, 3.8) is 0 Å². The minimum absolute atomic E-state index is 0.133. The van der Waals surface area contributed by atoms with E-state index in [0.717, 1.165) is 0 Å². The molecule has 35 heavy (non-hydrogen) atoms. The molecule has 15 nitrogen and oxygen atoms in total. The highest BCUT2D eigenvalue weighted by Gasteiger charge is 2.41. The van der Waals surface area contributed by atoms with Crippen LogP contribution >= 0.6 is 0 Å². The van der Waals surface area contributed by atoms with Crippen LogP contribution in [0.25, 0.3) is 0 Å². The summed E-state index contributed by atoms with van der Waals surface area (Å²) in [5.74, 6) is -7.08. The molecule has 0 spiro atoms. The van der Waals surface area contributed by atoms with E-state index in [1.54, 1.807) is 0 Å². The second kappa shape index (κ2) is 15.7. The van der Waals surface area contributed by atoms with Crippen molar-refractivity contribution in [2.45, 2.75) is 63.5 Å². The second-order valence-corrected chi connectivity index (χ2v) is 7.61. The van der Waals surface area contributed by atoms with Crippen LogP contribution in [0, 0.1) is 5.92 Å². The number of carboxylic acids is 1. The lowest BCUT2D eigenvalue weighted by atomic mass is 9.89. The molecule has 0 aromatic heterocycles. The number of hydrogen-bond acceptors (Lipinski definition) is 10. The number of rotatable bonds is 17. The van der Waals surface area contributed by atoms with Crippen LogP contribution in [-0.2, 0) is 33.5 Å². The van der Waals surface area contributed by atoms with Gasteiger partial charge in [0.25, 0.3) is 0 Å². The van der Waals surface area contributed by atoms with Gasteiger partial charge in [0, 0.05) is 19.9 Å². The Morgan fingerprint density at radius 1 is 1.03 bits per heavy atom. The number of ether oxygens (including phenoxy) is 1. The average Bonchev–Trinajstić information content (AvgIpc) is 2.81. The molecule has 4 amide bonds. The summed E-state index contributed by atoms with van der Waals surface area (Å²) in [4.78, 5) is 71.2. The molecule has 15 heteroatoms. The zero-order valence-electron chi connectivity index (χ0n) is 19.7. The molecule has 9 N–H and O–H groups in total. The first-order valence-corrected chi connectivity index (χ1v) is 10.7. The standard InChI is InChI=1S/C20H34N4O11/c1-4-11(26)15(20(34)22-3)17(16(31)12(27)7-25)35-8-13(28)23-9(2)19(33)24-10(18(21)32)5-6-14(29)30/h9-10,12,15-17,25,27,31H,4-8H2,1-3H3,(H2,21,32)(H,22,34)(H,23,28)(H,24,33)(H,29,30)/t9?,10?,12-,15-,16-,17-/m1/s1. The third-order valence-corrected chi connectivity index (χ3v) is 4.96. The number of carbonyl (C=O) groups excluding carboxylic acids is 5. The van der Waals surface area contributed by atoms with Crippen molar-refractivity contribution in [3.05, 3.63) is 0 Å². The van der Waals surface area contributed by atoms with Crippen LogP contribution in [0.4, 0.5) is 0 Å². The van der Waals surface area contributed by atoms with Crippen LogP contribution in [0.3, 0.4) is 0 Å². The Balaban J connectivity index is 5.32. The third kappa shape index (κ3) is 10.8. The van der Waals surface area contributed by atoms with Crippen LogP contribution in [0.5, 0.6) is 0 Å². The van der Waals surface area contributed by atoms with Gasteiger partial charge in [0.15, 0.2) is 0 Å². The highest BCUT2D eigenvalue weighted by atomic mass is 16.5. The maximum absolute atomic E-state index is 12.3. The van der Waals surface area contributed by atoms with Crippen LogP contribution in [0.2, 0.25) is 0 Å². The summed E-state index contributed by atoms with van der Waals surface area (Å²) in [6, 6.07) is -2.53. The summed E-state index contributed by atoms with van der Waals surface area (Å²) in [6.45, 7) is 0.916.